The van der Waals surface area contributed by atoms with Gasteiger partial charge in [0.05, 0.1) is 0 Å². The Hall–Kier alpha value is -0.790. The summed E-state index contributed by atoms with van der Waals surface area (Å²) in [6.07, 6.45) is 3.76. The molecule has 0 bridgehead atoms. The van der Waals surface area contributed by atoms with E-state index in [1.165, 1.54) is 6.08 Å². The van der Waals surface area contributed by atoms with Crippen LogP contribution < -0.4 is 5.32 Å². The lowest BCUT2D eigenvalue weighted by atomic mass is 10.4. The average Bonchev–Trinajstić information content (AvgIpc) is 2.14. The van der Waals surface area contributed by atoms with Crippen molar-refractivity contribution in [1.29, 1.82) is 0 Å². The molecule has 0 aromatic rings. The van der Waals surface area contributed by atoms with Gasteiger partial charge in [-0.25, -0.2) is 4.39 Å². The first kappa shape index (κ1) is 5.35. The lowest BCUT2D eigenvalue weighted by Crippen LogP contribution is -2.01. The third kappa shape index (κ3) is 0.886. The standard InChI is InChI=1S/C6H8FN/c1-8-6-3-2-5(7)4-6/h2,4,8H,3H2,1H3. The first-order chi connectivity index (χ1) is 3.83. The molecule has 1 nitrogen and oxygen atoms in total. The van der Waals surface area contributed by atoms with Crippen LogP contribution in [0.15, 0.2) is 23.7 Å². The number of nitrogens with one attached hydrogen (secondary N) is 1. The van der Waals surface area contributed by atoms with E-state index >= 15 is 0 Å². The summed E-state index contributed by atoms with van der Waals surface area (Å²) in [5.74, 6) is -0.130. The Morgan fingerprint density at radius 1 is 1.75 bits per heavy atom. The van der Waals surface area contributed by atoms with E-state index in [9.17, 15) is 4.39 Å². The maximum Gasteiger partial charge on any atom is 0.121 e. The van der Waals surface area contributed by atoms with Gasteiger partial charge in [-0.15, -0.1) is 0 Å². The minimum atomic E-state index is -0.130. The molecule has 0 spiro atoms. The quantitative estimate of drug-likeness (QED) is 0.541. The summed E-state index contributed by atoms with van der Waals surface area (Å²) >= 11 is 0. The molecule has 0 atom stereocenters. The summed E-state index contributed by atoms with van der Waals surface area (Å²) in [5.41, 5.74) is 0.947. The van der Waals surface area contributed by atoms with Crippen LogP contribution in [0.4, 0.5) is 4.39 Å². The van der Waals surface area contributed by atoms with Crippen molar-refractivity contribution in [2.45, 2.75) is 6.42 Å². The van der Waals surface area contributed by atoms with Gasteiger partial charge in [-0.1, -0.05) is 0 Å². The topological polar surface area (TPSA) is 12.0 Å². The van der Waals surface area contributed by atoms with Crippen LogP contribution in [0.5, 0.6) is 0 Å². The molecule has 0 amide bonds. The van der Waals surface area contributed by atoms with Crippen LogP contribution in [-0.2, 0) is 0 Å². The lowest BCUT2D eigenvalue weighted by Gasteiger charge is -1.94. The van der Waals surface area contributed by atoms with Crippen LogP contribution in [0.3, 0.4) is 0 Å². The molecule has 1 aliphatic carbocycles. The molecular formula is C6H8FN. The van der Waals surface area contributed by atoms with E-state index in [4.69, 9.17) is 0 Å². The maximum absolute atomic E-state index is 12.1. The van der Waals surface area contributed by atoms with E-state index in [1.807, 2.05) is 0 Å². The van der Waals surface area contributed by atoms with E-state index in [-0.39, 0.29) is 5.83 Å². The largest absolute Gasteiger partial charge is 0.391 e. The third-order valence-corrected chi connectivity index (χ3v) is 1.15. The van der Waals surface area contributed by atoms with Gasteiger partial charge >= 0.3 is 0 Å². The normalized spacial score (nSPS) is 17.8. The Balaban J connectivity index is 2.56. The molecule has 0 aromatic carbocycles. The van der Waals surface area contributed by atoms with E-state index in [1.54, 1.807) is 13.1 Å². The van der Waals surface area contributed by atoms with Gasteiger partial charge in [0.1, 0.15) is 5.83 Å². The molecular weight excluding hydrogens is 105 g/mol. The van der Waals surface area contributed by atoms with Crippen LogP contribution in [0.1, 0.15) is 6.42 Å². The summed E-state index contributed by atoms with van der Waals surface area (Å²) in [5, 5.41) is 2.86. The van der Waals surface area contributed by atoms with Gasteiger partial charge in [-0.05, 0) is 12.2 Å². The van der Waals surface area contributed by atoms with E-state index in [0.29, 0.717) is 6.42 Å². The second-order valence-electron chi connectivity index (χ2n) is 1.71. The summed E-state index contributed by atoms with van der Waals surface area (Å²) in [6, 6.07) is 0. The van der Waals surface area contributed by atoms with E-state index < -0.39 is 0 Å². The van der Waals surface area contributed by atoms with E-state index in [2.05, 4.69) is 5.32 Å². The fourth-order valence-corrected chi connectivity index (χ4v) is 0.666. The Morgan fingerprint density at radius 2 is 2.50 bits per heavy atom. The zero-order valence-corrected chi connectivity index (χ0v) is 4.74. The molecule has 0 heterocycles. The molecule has 1 aliphatic rings. The van der Waals surface area contributed by atoms with Gasteiger partial charge in [0.15, 0.2) is 0 Å². The van der Waals surface area contributed by atoms with Gasteiger partial charge < -0.3 is 5.32 Å². The summed E-state index contributed by atoms with van der Waals surface area (Å²) in [6.45, 7) is 0. The minimum absolute atomic E-state index is 0.130. The molecule has 0 aromatic heterocycles. The third-order valence-electron chi connectivity index (χ3n) is 1.15. The van der Waals surface area contributed by atoms with Gasteiger partial charge in [0.25, 0.3) is 0 Å². The first-order valence-corrected chi connectivity index (χ1v) is 2.57. The predicted molar refractivity (Wildman–Crippen MR) is 31.0 cm³/mol. The highest BCUT2D eigenvalue weighted by molar-refractivity contribution is 5.26. The van der Waals surface area contributed by atoms with Gasteiger partial charge in [-0.3, -0.25) is 0 Å². The molecule has 0 saturated carbocycles. The maximum atomic E-state index is 12.1. The first-order valence-electron chi connectivity index (χ1n) is 2.57. The van der Waals surface area contributed by atoms with Crippen molar-refractivity contribution in [2.24, 2.45) is 0 Å². The van der Waals surface area contributed by atoms with Crippen molar-refractivity contribution in [3.05, 3.63) is 23.7 Å². The van der Waals surface area contributed by atoms with Crippen LogP contribution in [0.2, 0.25) is 0 Å². The smallest absolute Gasteiger partial charge is 0.121 e. The minimum Gasteiger partial charge on any atom is -0.391 e. The van der Waals surface area contributed by atoms with Crippen molar-refractivity contribution in [3.8, 4) is 0 Å². The molecule has 0 saturated heterocycles. The van der Waals surface area contributed by atoms with E-state index in [0.717, 1.165) is 5.70 Å². The Labute approximate surface area is 47.9 Å². The van der Waals surface area contributed by atoms with Crippen LogP contribution in [-0.4, -0.2) is 7.05 Å². The highest BCUT2D eigenvalue weighted by atomic mass is 19.1. The molecule has 0 fully saturated rings. The Morgan fingerprint density at radius 3 is 2.75 bits per heavy atom. The zero-order chi connectivity index (χ0) is 5.98. The number of rotatable bonds is 1. The van der Waals surface area contributed by atoms with Crippen LogP contribution in [0, 0.1) is 0 Å². The highest BCUT2D eigenvalue weighted by Crippen LogP contribution is 2.14. The molecule has 1 N–H and O–H groups in total. The number of allylic oxidation sites excluding steroid dienone is 3. The number of hydrogen-bond donors (Lipinski definition) is 1. The Kier molecular flexibility index (Phi) is 1.33. The van der Waals surface area contributed by atoms with Gasteiger partial charge in [0.2, 0.25) is 0 Å². The number of halogens is 1. The monoisotopic (exact) mass is 113 g/mol. The van der Waals surface area contributed by atoms with Crippen LogP contribution >= 0.6 is 0 Å². The van der Waals surface area contributed by atoms with Crippen molar-refractivity contribution in [1.82, 2.24) is 5.32 Å². The van der Waals surface area contributed by atoms with Gasteiger partial charge in [0, 0.05) is 19.2 Å². The fourth-order valence-electron chi connectivity index (χ4n) is 0.666. The van der Waals surface area contributed by atoms with Crippen molar-refractivity contribution in [2.75, 3.05) is 7.05 Å². The molecule has 0 aliphatic heterocycles. The lowest BCUT2D eigenvalue weighted by molar-refractivity contribution is 0.668. The van der Waals surface area contributed by atoms with Crippen molar-refractivity contribution in [3.63, 3.8) is 0 Å². The summed E-state index contributed by atoms with van der Waals surface area (Å²) in [7, 11) is 1.79. The summed E-state index contributed by atoms with van der Waals surface area (Å²) < 4.78 is 12.1. The van der Waals surface area contributed by atoms with Crippen LogP contribution in [0.25, 0.3) is 0 Å². The molecule has 44 valence electrons. The second kappa shape index (κ2) is 1.99. The summed E-state index contributed by atoms with van der Waals surface area (Å²) in [4.78, 5) is 0. The molecule has 1 rings (SSSR count). The predicted octanol–water partition coefficient (Wildman–Crippen LogP) is 1.35. The number of hydrogen-bond acceptors (Lipinski definition) is 1. The second-order valence-corrected chi connectivity index (χ2v) is 1.71. The average molecular weight is 113 g/mol. The SMILES string of the molecule is CNC1=CC(F)=CC1. The highest BCUT2D eigenvalue weighted by Gasteiger charge is 2.01. The zero-order valence-electron chi connectivity index (χ0n) is 4.74. The molecule has 8 heavy (non-hydrogen) atoms. The molecule has 0 unspecified atom stereocenters. The molecule has 2 heteroatoms. The Bertz CT molecular complexity index is 147. The van der Waals surface area contributed by atoms with Crippen molar-refractivity contribution >= 4 is 0 Å². The fraction of sp³-hybridized carbons (Fsp3) is 0.333. The van der Waals surface area contributed by atoms with Gasteiger partial charge in [-0.2, -0.15) is 0 Å². The molecule has 0 radical (unpaired) electrons. The van der Waals surface area contributed by atoms with Crippen molar-refractivity contribution < 1.29 is 4.39 Å².